The minimum Gasteiger partial charge on any atom is -0.321 e. The average molecular weight is 326 g/mol. The van der Waals surface area contributed by atoms with E-state index in [1.807, 2.05) is 0 Å². The molecule has 1 heterocycles. The van der Waals surface area contributed by atoms with Gasteiger partial charge in [-0.2, -0.15) is 18.3 Å². The van der Waals surface area contributed by atoms with Crippen molar-refractivity contribution in [2.24, 2.45) is 0 Å². The van der Waals surface area contributed by atoms with Gasteiger partial charge in [0.1, 0.15) is 5.69 Å². The normalized spacial score (nSPS) is 10.9. The fraction of sp³-hybridized carbons (Fsp3) is 0.0769. The molecule has 0 aliphatic carbocycles. The molecule has 0 spiro atoms. The molecule has 2 aromatic rings. The summed E-state index contributed by atoms with van der Waals surface area (Å²) in [4.78, 5) is 33.6. The largest absolute Gasteiger partial charge is 0.471 e. The minimum atomic E-state index is -5.01. The van der Waals surface area contributed by atoms with Gasteiger partial charge in [-0.3, -0.25) is 14.4 Å². The van der Waals surface area contributed by atoms with E-state index in [9.17, 15) is 27.6 Å². The van der Waals surface area contributed by atoms with Crippen LogP contribution >= 0.6 is 0 Å². The maximum atomic E-state index is 12.2. The number of carbonyl (C=O) groups excluding carboxylic acids is 2. The van der Waals surface area contributed by atoms with E-state index in [1.165, 1.54) is 24.3 Å². The van der Waals surface area contributed by atoms with Crippen molar-refractivity contribution >= 4 is 23.2 Å². The quantitative estimate of drug-likeness (QED) is 0.795. The fourth-order valence-electron chi connectivity index (χ4n) is 1.54. The summed E-state index contributed by atoms with van der Waals surface area (Å²) in [6.07, 6.45) is -5.01. The number of carbonyl (C=O) groups is 2. The van der Waals surface area contributed by atoms with Gasteiger partial charge < -0.3 is 10.6 Å². The third kappa shape index (κ3) is 4.40. The molecule has 1 aromatic carbocycles. The number of alkyl halides is 3. The van der Waals surface area contributed by atoms with Crippen LogP contribution in [0.5, 0.6) is 0 Å². The average Bonchev–Trinajstić information content (AvgIpc) is 2.47. The van der Waals surface area contributed by atoms with Crippen LogP contribution in [0.25, 0.3) is 0 Å². The van der Waals surface area contributed by atoms with Crippen LogP contribution < -0.4 is 16.2 Å². The number of halogens is 3. The van der Waals surface area contributed by atoms with Gasteiger partial charge >= 0.3 is 12.1 Å². The molecule has 0 unspecified atom stereocenters. The zero-order chi connectivity index (χ0) is 17.0. The van der Waals surface area contributed by atoms with E-state index in [4.69, 9.17) is 0 Å². The van der Waals surface area contributed by atoms with Crippen molar-refractivity contribution in [3.8, 4) is 0 Å². The Bertz CT molecular complexity index is 781. The Morgan fingerprint density at radius 1 is 1.04 bits per heavy atom. The standard InChI is InChI=1S/C13H9F3N4O3/c14-13(15,16)12(23)18-8-3-1-2-7(6-8)17-11(22)9-4-5-10(21)20-19-9/h1-6H,(H,17,22)(H,18,23)(H,20,21). The van der Waals surface area contributed by atoms with Crippen molar-refractivity contribution in [1.82, 2.24) is 10.2 Å². The lowest BCUT2D eigenvalue weighted by Gasteiger charge is -2.10. The summed E-state index contributed by atoms with van der Waals surface area (Å²) in [5, 5.41) is 9.62. The van der Waals surface area contributed by atoms with E-state index in [1.54, 1.807) is 5.32 Å². The monoisotopic (exact) mass is 326 g/mol. The molecule has 2 rings (SSSR count). The van der Waals surface area contributed by atoms with Gasteiger partial charge in [-0.25, -0.2) is 5.10 Å². The van der Waals surface area contributed by atoms with Gasteiger partial charge in [0.05, 0.1) is 0 Å². The van der Waals surface area contributed by atoms with Gasteiger partial charge in [-0.15, -0.1) is 0 Å². The SMILES string of the molecule is O=C(Nc1cccc(NC(=O)C(F)(F)F)c1)c1ccc(=O)[nH]n1. The summed E-state index contributed by atoms with van der Waals surface area (Å²) in [6.45, 7) is 0. The highest BCUT2D eigenvalue weighted by Gasteiger charge is 2.38. The maximum Gasteiger partial charge on any atom is 0.471 e. The molecule has 3 N–H and O–H groups in total. The first-order valence-electron chi connectivity index (χ1n) is 6.11. The molecule has 0 bridgehead atoms. The van der Waals surface area contributed by atoms with Crippen LogP contribution in [0.3, 0.4) is 0 Å². The topological polar surface area (TPSA) is 104 Å². The lowest BCUT2D eigenvalue weighted by Crippen LogP contribution is -2.29. The molecule has 10 heteroatoms. The number of H-pyrrole nitrogens is 1. The summed E-state index contributed by atoms with van der Waals surface area (Å²) >= 11 is 0. The summed E-state index contributed by atoms with van der Waals surface area (Å²) < 4.78 is 36.5. The third-order valence-corrected chi connectivity index (χ3v) is 2.55. The lowest BCUT2D eigenvalue weighted by atomic mass is 10.2. The highest BCUT2D eigenvalue weighted by Crippen LogP contribution is 2.20. The van der Waals surface area contributed by atoms with Gasteiger partial charge in [0.2, 0.25) is 0 Å². The first-order valence-corrected chi connectivity index (χ1v) is 6.11. The van der Waals surface area contributed by atoms with Crippen LogP contribution in [0.15, 0.2) is 41.2 Å². The smallest absolute Gasteiger partial charge is 0.321 e. The summed E-state index contributed by atoms with van der Waals surface area (Å²) in [5.74, 6) is -2.80. The van der Waals surface area contributed by atoms with E-state index in [0.29, 0.717) is 0 Å². The molecule has 0 aliphatic rings. The van der Waals surface area contributed by atoms with E-state index < -0.39 is 23.5 Å². The molecule has 1 aromatic heterocycles. The Kier molecular flexibility index (Phi) is 4.44. The Labute approximate surface area is 126 Å². The van der Waals surface area contributed by atoms with E-state index in [0.717, 1.165) is 12.1 Å². The van der Waals surface area contributed by atoms with Crippen LogP contribution in [-0.4, -0.2) is 28.2 Å². The Morgan fingerprint density at radius 3 is 2.26 bits per heavy atom. The number of nitrogens with one attached hydrogen (secondary N) is 3. The predicted molar refractivity (Wildman–Crippen MR) is 73.9 cm³/mol. The molecule has 0 saturated heterocycles. The minimum absolute atomic E-state index is 0.0886. The number of benzene rings is 1. The molecule has 0 fully saturated rings. The summed E-state index contributed by atoms with van der Waals surface area (Å²) in [5.41, 5.74) is -0.574. The molecule has 0 saturated carbocycles. The van der Waals surface area contributed by atoms with Crippen LogP contribution in [0.2, 0.25) is 0 Å². The van der Waals surface area contributed by atoms with E-state index >= 15 is 0 Å². The molecule has 2 amide bonds. The predicted octanol–water partition coefficient (Wildman–Crippen LogP) is 1.52. The number of hydrogen-bond donors (Lipinski definition) is 3. The van der Waals surface area contributed by atoms with Crippen molar-refractivity contribution in [3.63, 3.8) is 0 Å². The summed E-state index contributed by atoms with van der Waals surface area (Å²) in [7, 11) is 0. The molecule has 7 nitrogen and oxygen atoms in total. The van der Waals surface area contributed by atoms with Crippen molar-refractivity contribution in [2.45, 2.75) is 6.18 Å². The number of amides is 2. The maximum absolute atomic E-state index is 12.2. The lowest BCUT2D eigenvalue weighted by molar-refractivity contribution is -0.167. The number of anilines is 2. The summed E-state index contributed by atoms with van der Waals surface area (Å²) in [6, 6.07) is 7.42. The number of rotatable bonds is 3. The molecular formula is C13H9F3N4O3. The van der Waals surface area contributed by atoms with Gasteiger partial charge in [0, 0.05) is 17.4 Å². The van der Waals surface area contributed by atoms with Gasteiger partial charge in [-0.1, -0.05) is 6.07 Å². The Balaban J connectivity index is 2.11. The second-order valence-corrected chi connectivity index (χ2v) is 4.29. The Morgan fingerprint density at radius 2 is 1.70 bits per heavy atom. The zero-order valence-electron chi connectivity index (χ0n) is 11.3. The number of aromatic amines is 1. The fourth-order valence-corrected chi connectivity index (χ4v) is 1.54. The highest BCUT2D eigenvalue weighted by atomic mass is 19.4. The van der Waals surface area contributed by atoms with E-state index in [2.05, 4.69) is 15.5 Å². The molecular weight excluding hydrogens is 317 g/mol. The molecule has 23 heavy (non-hydrogen) atoms. The zero-order valence-corrected chi connectivity index (χ0v) is 11.3. The van der Waals surface area contributed by atoms with Crippen molar-refractivity contribution in [3.05, 3.63) is 52.4 Å². The number of aromatic nitrogens is 2. The van der Waals surface area contributed by atoms with Gasteiger partial charge in [0.15, 0.2) is 0 Å². The van der Waals surface area contributed by atoms with Gasteiger partial charge in [-0.05, 0) is 24.3 Å². The molecule has 120 valence electrons. The van der Waals surface area contributed by atoms with Crippen molar-refractivity contribution in [1.29, 1.82) is 0 Å². The van der Waals surface area contributed by atoms with Crippen LogP contribution in [0, 0.1) is 0 Å². The molecule has 0 atom stereocenters. The van der Waals surface area contributed by atoms with Crippen molar-refractivity contribution < 1.29 is 22.8 Å². The second-order valence-electron chi connectivity index (χ2n) is 4.29. The third-order valence-electron chi connectivity index (χ3n) is 2.55. The van der Waals surface area contributed by atoms with E-state index in [-0.39, 0.29) is 17.1 Å². The second kappa shape index (κ2) is 6.30. The van der Waals surface area contributed by atoms with Crippen molar-refractivity contribution in [2.75, 3.05) is 10.6 Å². The highest BCUT2D eigenvalue weighted by molar-refractivity contribution is 6.03. The first kappa shape index (κ1) is 16.2. The number of nitrogens with zero attached hydrogens (tertiary/aromatic N) is 1. The Hall–Kier alpha value is -3.17. The van der Waals surface area contributed by atoms with Gasteiger partial charge in [0.25, 0.3) is 11.5 Å². The first-order chi connectivity index (χ1) is 10.8. The van der Waals surface area contributed by atoms with Crippen LogP contribution in [0.4, 0.5) is 24.5 Å². The van der Waals surface area contributed by atoms with Crippen LogP contribution in [0.1, 0.15) is 10.5 Å². The van der Waals surface area contributed by atoms with Crippen LogP contribution in [-0.2, 0) is 4.79 Å². The molecule has 0 aliphatic heterocycles. The molecule has 0 radical (unpaired) electrons. The number of hydrogen-bond acceptors (Lipinski definition) is 4.